The molecule has 0 aliphatic carbocycles. The molecule has 1 unspecified atom stereocenters. The molecule has 0 aliphatic rings. The van der Waals surface area contributed by atoms with E-state index in [-0.39, 0.29) is 0 Å². The molecule has 0 radical (unpaired) electrons. The van der Waals surface area contributed by atoms with Gasteiger partial charge < -0.3 is 10.8 Å². The summed E-state index contributed by atoms with van der Waals surface area (Å²) < 4.78 is 1.09. The van der Waals surface area contributed by atoms with Crippen molar-refractivity contribution in [1.82, 2.24) is 0 Å². The van der Waals surface area contributed by atoms with E-state index < -0.39 is 11.4 Å². The van der Waals surface area contributed by atoms with Gasteiger partial charge in [-0.25, -0.2) is 0 Å². The van der Waals surface area contributed by atoms with Gasteiger partial charge in [0.1, 0.15) is 0 Å². The third-order valence-electron chi connectivity index (χ3n) is 2.60. The number of carboxylic acid groups (broad SMARTS) is 1. The topological polar surface area (TPSA) is 63.3 Å². The smallest absolute Gasteiger partial charge is 0.313 e. The minimum Gasteiger partial charge on any atom is -0.481 e. The molecule has 15 heavy (non-hydrogen) atoms. The van der Waals surface area contributed by atoms with Crippen LogP contribution in [0.25, 0.3) is 0 Å². The van der Waals surface area contributed by atoms with Gasteiger partial charge in [0.2, 0.25) is 0 Å². The second-order valence-electron chi connectivity index (χ2n) is 3.68. The van der Waals surface area contributed by atoms with Gasteiger partial charge in [-0.15, -0.1) is 0 Å². The van der Waals surface area contributed by atoms with E-state index >= 15 is 0 Å². The molecule has 1 aromatic rings. The lowest BCUT2D eigenvalue weighted by molar-refractivity contribution is -0.143. The van der Waals surface area contributed by atoms with Crippen LogP contribution in [0, 0.1) is 3.57 Å². The summed E-state index contributed by atoms with van der Waals surface area (Å²) in [4.78, 5) is 11.2. The predicted octanol–water partition coefficient (Wildman–Crippen LogP) is 1.98. The Morgan fingerprint density at radius 1 is 1.47 bits per heavy atom. The number of benzene rings is 1. The lowest BCUT2D eigenvalue weighted by Gasteiger charge is -2.24. The van der Waals surface area contributed by atoms with Gasteiger partial charge in [-0.05, 0) is 60.2 Å². The van der Waals surface area contributed by atoms with Crippen molar-refractivity contribution in [2.45, 2.75) is 18.8 Å². The first-order valence-corrected chi connectivity index (χ1v) is 5.78. The minimum atomic E-state index is -0.876. The number of halogens is 1. The second kappa shape index (κ2) is 4.94. The Labute approximate surface area is 103 Å². The van der Waals surface area contributed by atoms with Gasteiger partial charge in [0.25, 0.3) is 0 Å². The molecule has 3 N–H and O–H groups in total. The molecule has 82 valence electrons. The molecule has 0 fully saturated rings. The van der Waals surface area contributed by atoms with Gasteiger partial charge in [0, 0.05) is 3.57 Å². The van der Waals surface area contributed by atoms with E-state index in [4.69, 9.17) is 5.73 Å². The van der Waals surface area contributed by atoms with Crippen molar-refractivity contribution in [3.63, 3.8) is 0 Å². The van der Waals surface area contributed by atoms with Crippen LogP contribution >= 0.6 is 22.6 Å². The first-order chi connectivity index (χ1) is 7.00. The third kappa shape index (κ3) is 2.69. The average molecular weight is 319 g/mol. The Balaban J connectivity index is 3.09. The summed E-state index contributed by atoms with van der Waals surface area (Å²) in [5.74, 6) is -0.825. The van der Waals surface area contributed by atoms with Crippen LogP contribution < -0.4 is 5.73 Å². The van der Waals surface area contributed by atoms with Crippen molar-refractivity contribution in [2.75, 3.05) is 6.54 Å². The first kappa shape index (κ1) is 12.4. The van der Waals surface area contributed by atoms with Gasteiger partial charge in [-0.3, -0.25) is 4.79 Å². The fourth-order valence-electron chi connectivity index (χ4n) is 1.48. The zero-order valence-electron chi connectivity index (χ0n) is 8.53. The van der Waals surface area contributed by atoms with Crippen molar-refractivity contribution < 1.29 is 9.90 Å². The molecule has 0 aromatic heterocycles. The van der Waals surface area contributed by atoms with Gasteiger partial charge in [0.05, 0.1) is 5.41 Å². The van der Waals surface area contributed by atoms with E-state index in [2.05, 4.69) is 22.6 Å². The van der Waals surface area contributed by atoms with Crippen LogP contribution in [0.15, 0.2) is 24.3 Å². The maximum atomic E-state index is 11.2. The summed E-state index contributed by atoms with van der Waals surface area (Å²) in [5, 5.41) is 9.23. The van der Waals surface area contributed by atoms with Gasteiger partial charge in [-0.2, -0.15) is 0 Å². The predicted molar refractivity (Wildman–Crippen MR) is 67.8 cm³/mol. The number of hydrogen-bond acceptors (Lipinski definition) is 2. The highest BCUT2D eigenvalue weighted by Gasteiger charge is 2.34. The fourth-order valence-corrected chi connectivity index (χ4v) is 1.84. The van der Waals surface area contributed by atoms with Crippen LogP contribution in [-0.4, -0.2) is 17.6 Å². The first-order valence-electron chi connectivity index (χ1n) is 4.70. The number of rotatable bonds is 4. The number of nitrogens with two attached hydrogens (primary N) is 1. The molecule has 3 nitrogen and oxygen atoms in total. The Kier molecular flexibility index (Phi) is 4.10. The van der Waals surface area contributed by atoms with Gasteiger partial charge in [-0.1, -0.05) is 12.1 Å². The van der Waals surface area contributed by atoms with E-state index in [1.807, 2.05) is 24.3 Å². The van der Waals surface area contributed by atoms with Crippen molar-refractivity contribution >= 4 is 28.6 Å². The summed E-state index contributed by atoms with van der Waals surface area (Å²) >= 11 is 2.19. The van der Waals surface area contributed by atoms with Crippen molar-refractivity contribution in [1.29, 1.82) is 0 Å². The molecule has 0 heterocycles. The molecule has 0 spiro atoms. The van der Waals surface area contributed by atoms with E-state index in [9.17, 15) is 9.90 Å². The Hall–Kier alpha value is -0.620. The minimum absolute atomic E-state index is 0.370. The number of hydrogen-bond donors (Lipinski definition) is 2. The summed E-state index contributed by atoms with van der Waals surface area (Å²) in [5.41, 5.74) is 5.39. The van der Waals surface area contributed by atoms with Crippen LogP contribution in [-0.2, 0) is 10.2 Å². The molecule has 0 bridgehead atoms. The van der Waals surface area contributed by atoms with Crippen LogP contribution in [0.5, 0.6) is 0 Å². The number of carbonyl (C=O) groups is 1. The average Bonchev–Trinajstić information content (AvgIpc) is 2.18. The van der Waals surface area contributed by atoms with Gasteiger partial charge in [0.15, 0.2) is 0 Å². The Morgan fingerprint density at radius 2 is 2.00 bits per heavy atom. The van der Waals surface area contributed by atoms with Crippen LogP contribution in [0.1, 0.15) is 18.9 Å². The summed E-state index contributed by atoms with van der Waals surface area (Å²) in [7, 11) is 0. The Bertz CT molecular complexity index is 350. The zero-order chi connectivity index (χ0) is 11.5. The molecular weight excluding hydrogens is 305 g/mol. The van der Waals surface area contributed by atoms with Gasteiger partial charge >= 0.3 is 5.97 Å². The van der Waals surface area contributed by atoms with Crippen molar-refractivity contribution in [3.8, 4) is 0 Å². The summed E-state index contributed by atoms with van der Waals surface area (Å²) in [6.45, 7) is 2.08. The molecule has 0 saturated heterocycles. The normalized spacial score (nSPS) is 14.6. The monoisotopic (exact) mass is 319 g/mol. The van der Waals surface area contributed by atoms with Crippen molar-refractivity contribution in [3.05, 3.63) is 33.4 Å². The van der Waals surface area contributed by atoms with E-state index in [1.54, 1.807) is 6.92 Å². The highest BCUT2D eigenvalue weighted by molar-refractivity contribution is 14.1. The SMILES string of the molecule is CC(CCN)(C(=O)O)c1ccc(I)cc1. The van der Waals surface area contributed by atoms with E-state index in [0.717, 1.165) is 9.13 Å². The molecule has 1 aromatic carbocycles. The zero-order valence-corrected chi connectivity index (χ0v) is 10.7. The lowest BCUT2D eigenvalue weighted by Crippen LogP contribution is -2.34. The molecule has 0 amide bonds. The maximum absolute atomic E-state index is 11.2. The van der Waals surface area contributed by atoms with E-state index in [0.29, 0.717) is 13.0 Å². The maximum Gasteiger partial charge on any atom is 0.313 e. The van der Waals surface area contributed by atoms with Crippen LogP contribution in [0.2, 0.25) is 0 Å². The summed E-state index contributed by atoms with van der Waals surface area (Å²) in [6, 6.07) is 7.53. The highest BCUT2D eigenvalue weighted by atomic mass is 127. The highest BCUT2D eigenvalue weighted by Crippen LogP contribution is 2.28. The molecule has 1 rings (SSSR count). The number of carboxylic acids is 1. The van der Waals surface area contributed by atoms with E-state index in [1.165, 1.54) is 0 Å². The molecule has 0 saturated carbocycles. The summed E-state index contributed by atoms with van der Waals surface area (Å²) in [6.07, 6.45) is 0.447. The quantitative estimate of drug-likeness (QED) is 0.834. The number of aliphatic carboxylic acids is 1. The Morgan fingerprint density at radius 3 is 2.40 bits per heavy atom. The molecule has 1 atom stereocenters. The molecular formula is C11H14INO2. The standard InChI is InChI=1S/C11H14INO2/c1-11(6-7-13,10(14)15)8-2-4-9(12)5-3-8/h2-5H,6-7,13H2,1H3,(H,14,15). The molecule has 4 heteroatoms. The van der Waals surface area contributed by atoms with Crippen LogP contribution in [0.3, 0.4) is 0 Å². The third-order valence-corrected chi connectivity index (χ3v) is 3.32. The van der Waals surface area contributed by atoms with Crippen LogP contribution in [0.4, 0.5) is 0 Å². The second-order valence-corrected chi connectivity index (χ2v) is 4.93. The largest absolute Gasteiger partial charge is 0.481 e. The van der Waals surface area contributed by atoms with Crippen molar-refractivity contribution in [2.24, 2.45) is 5.73 Å². The lowest BCUT2D eigenvalue weighted by atomic mass is 9.79. The fraction of sp³-hybridized carbons (Fsp3) is 0.364. The molecule has 0 aliphatic heterocycles.